The third-order valence-electron chi connectivity index (χ3n) is 9.56. The molecule has 0 bridgehead atoms. The van der Waals surface area contributed by atoms with Gasteiger partial charge in [0.15, 0.2) is 0 Å². The Morgan fingerprint density at radius 2 is 1.21 bits per heavy atom. The van der Waals surface area contributed by atoms with E-state index < -0.39 is 0 Å². The van der Waals surface area contributed by atoms with E-state index in [0.717, 1.165) is 0 Å². The molecule has 0 fully saturated rings. The lowest BCUT2D eigenvalue weighted by Crippen LogP contribution is -2.14. The minimum absolute atomic E-state index is 0.0239. The fourth-order valence-corrected chi connectivity index (χ4v) is 7.47. The lowest BCUT2D eigenvalue weighted by atomic mass is 9.81. The molecule has 2 aromatic heterocycles. The van der Waals surface area contributed by atoms with Crippen molar-refractivity contribution in [3.63, 3.8) is 0 Å². The molecule has 0 unspecified atom stereocenters. The lowest BCUT2D eigenvalue weighted by Gasteiger charge is -2.22. The molecule has 0 amide bonds. The van der Waals surface area contributed by atoms with Crippen LogP contribution in [0.3, 0.4) is 0 Å². The van der Waals surface area contributed by atoms with Gasteiger partial charge in [-0.15, -0.1) is 0 Å². The molecule has 1 aliphatic rings. The normalized spacial score (nSPS) is 13.5. The summed E-state index contributed by atoms with van der Waals surface area (Å²) >= 11 is 0. The summed E-state index contributed by atoms with van der Waals surface area (Å²) in [5, 5.41) is 3.80. The van der Waals surface area contributed by atoms with Gasteiger partial charge in [0.2, 0.25) is 0 Å². The molecule has 43 heavy (non-hydrogen) atoms. The molecule has 0 aliphatic heterocycles. The van der Waals surface area contributed by atoms with Gasteiger partial charge in [-0.05, 0) is 81.9 Å². The first kappa shape index (κ1) is 24.3. The predicted octanol–water partition coefficient (Wildman–Crippen LogP) is 10.7. The molecule has 0 saturated heterocycles. The molecule has 0 radical (unpaired) electrons. The quantitative estimate of drug-likeness (QED) is 0.207. The zero-order valence-electron chi connectivity index (χ0n) is 24.3. The molecule has 0 atom stereocenters. The molecule has 0 spiro atoms. The maximum Gasteiger partial charge on any atom is 0.0635 e. The third-order valence-corrected chi connectivity index (χ3v) is 9.56. The molecule has 204 valence electrons. The van der Waals surface area contributed by atoms with E-state index in [-0.39, 0.29) is 5.41 Å². The average molecular weight is 551 g/mol. The molecule has 2 nitrogen and oxygen atoms in total. The van der Waals surface area contributed by atoms with Gasteiger partial charge >= 0.3 is 0 Å². The first-order valence-electron chi connectivity index (χ1n) is 15.0. The van der Waals surface area contributed by atoms with Crippen LogP contribution in [-0.2, 0) is 5.41 Å². The number of nitrogens with zero attached hydrogens (tertiary/aromatic N) is 2. The zero-order valence-corrected chi connectivity index (χ0v) is 24.3. The summed E-state index contributed by atoms with van der Waals surface area (Å²) in [4.78, 5) is 0. The third kappa shape index (κ3) is 3.41. The highest BCUT2D eigenvalue weighted by atomic mass is 15.0. The van der Waals surface area contributed by atoms with E-state index in [1.54, 1.807) is 0 Å². The van der Waals surface area contributed by atoms with Crippen LogP contribution in [0.1, 0.15) is 25.0 Å². The van der Waals surface area contributed by atoms with E-state index in [1.807, 2.05) is 0 Å². The maximum atomic E-state index is 2.46. The molecule has 2 heteroatoms. The molecular formula is C41H30N2. The van der Waals surface area contributed by atoms with Crippen molar-refractivity contribution in [2.24, 2.45) is 0 Å². The van der Waals surface area contributed by atoms with Gasteiger partial charge in [0.1, 0.15) is 0 Å². The Balaban J connectivity index is 1.26. The van der Waals surface area contributed by atoms with Crippen LogP contribution in [0.5, 0.6) is 0 Å². The van der Waals surface area contributed by atoms with Crippen LogP contribution in [0.15, 0.2) is 146 Å². The van der Waals surface area contributed by atoms with Crippen LogP contribution in [0.4, 0.5) is 0 Å². The molecule has 0 N–H and O–H groups in total. The predicted molar refractivity (Wildman–Crippen MR) is 181 cm³/mol. The van der Waals surface area contributed by atoms with E-state index in [4.69, 9.17) is 0 Å². The minimum atomic E-state index is -0.0239. The Labute approximate surface area is 251 Å². The summed E-state index contributed by atoms with van der Waals surface area (Å²) in [6.45, 7) is 4.70. The molecule has 9 rings (SSSR count). The van der Waals surface area contributed by atoms with Crippen molar-refractivity contribution in [1.29, 1.82) is 0 Å². The summed E-state index contributed by atoms with van der Waals surface area (Å²) in [6, 6.07) is 51.1. The number of para-hydroxylation sites is 2. The molecule has 8 aromatic rings. The standard InChI is InChI=1S/C41H30N2/c1-41(2)36-17-8-6-15-31(36)32-20-19-28(26-37(32)41)27-11-10-14-30(25-27)43-39-18-9-7-16-33(39)34-21-22-38-35(40(34)43)23-24-42(38)29-12-4-3-5-13-29/h3-26H,1-2H3. The van der Waals surface area contributed by atoms with Gasteiger partial charge in [-0.1, -0.05) is 105 Å². The van der Waals surface area contributed by atoms with Gasteiger partial charge in [-0.3, -0.25) is 0 Å². The maximum absolute atomic E-state index is 2.46. The highest BCUT2D eigenvalue weighted by Crippen LogP contribution is 2.49. The van der Waals surface area contributed by atoms with E-state index in [0.29, 0.717) is 0 Å². The molecule has 6 aromatic carbocycles. The SMILES string of the molecule is CC1(C)c2ccccc2-c2ccc(-c3cccc(-n4c5ccccc5c5ccc6c(ccn6-c6ccccc6)c54)c3)cc21. The summed E-state index contributed by atoms with van der Waals surface area (Å²) in [7, 11) is 0. The number of benzene rings is 6. The topological polar surface area (TPSA) is 9.86 Å². The summed E-state index contributed by atoms with van der Waals surface area (Å²) in [6.07, 6.45) is 2.20. The van der Waals surface area contributed by atoms with Crippen molar-refractivity contribution in [2.45, 2.75) is 19.3 Å². The fraction of sp³-hybridized carbons (Fsp3) is 0.0732. The first-order chi connectivity index (χ1) is 21.1. The minimum Gasteiger partial charge on any atom is -0.316 e. The van der Waals surface area contributed by atoms with Crippen LogP contribution >= 0.6 is 0 Å². The van der Waals surface area contributed by atoms with Crippen LogP contribution in [0.25, 0.3) is 66.3 Å². The highest BCUT2D eigenvalue weighted by Gasteiger charge is 2.35. The van der Waals surface area contributed by atoms with E-state index in [9.17, 15) is 0 Å². The van der Waals surface area contributed by atoms with E-state index in [1.165, 1.54) is 77.5 Å². The molecule has 0 saturated carbocycles. The van der Waals surface area contributed by atoms with Crippen LogP contribution in [-0.4, -0.2) is 9.13 Å². The van der Waals surface area contributed by atoms with Gasteiger partial charge in [-0.2, -0.15) is 0 Å². The Kier molecular flexibility index (Phi) is 4.99. The number of rotatable bonds is 3. The monoisotopic (exact) mass is 550 g/mol. The van der Waals surface area contributed by atoms with Gasteiger partial charge in [-0.25, -0.2) is 0 Å². The van der Waals surface area contributed by atoms with Crippen LogP contribution in [0, 0.1) is 0 Å². The smallest absolute Gasteiger partial charge is 0.0635 e. The molecule has 1 aliphatic carbocycles. The van der Waals surface area contributed by atoms with Crippen molar-refractivity contribution in [3.8, 4) is 33.6 Å². The van der Waals surface area contributed by atoms with Crippen molar-refractivity contribution in [1.82, 2.24) is 9.13 Å². The lowest BCUT2D eigenvalue weighted by molar-refractivity contribution is 0.660. The largest absolute Gasteiger partial charge is 0.316 e. The van der Waals surface area contributed by atoms with Crippen molar-refractivity contribution in [2.75, 3.05) is 0 Å². The first-order valence-corrected chi connectivity index (χ1v) is 15.0. The Bertz CT molecular complexity index is 2370. The van der Waals surface area contributed by atoms with Crippen LogP contribution < -0.4 is 0 Å². The Hall–Kier alpha value is -5.34. The number of hydrogen-bond donors (Lipinski definition) is 0. The van der Waals surface area contributed by atoms with Crippen molar-refractivity contribution in [3.05, 3.63) is 157 Å². The second-order valence-electron chi connectivity index (χ2n) is 12.2. The Morgan fingerprint density at radius 1 is 0.465 bits per heavy atom. The summed E-state index contributed by atoms with van der Waals surface area (Å²) < 4.78 is 4.75. The number of aromatic nitrogens is 2. The van der Waals surface area contributed by atoms with Gasteiger partial charge in [0.25, 0.3) is 0 Å². The van der Waals surface area contributed by atoms with Gasteiger partial charge in [0.05, 0.1) is 16.6 Å². The van der Waals surface area contributed by atoms with Gasteiger partial charge in [0, 0.05) is 39.1 Å². The van der Waals surface area contributed by atoms with Gasteiger partial charge < -0.3 is 9.13 Å². The zero-order chi connectivity index (χ0) is 28.7. The highest BCUT2D eigenvalue weighted by molar-refractivity contribution is 6.18. The summed E-state index contributed by atoms with van der Waals surface area (Å²) in [5.74, 6) is 0. The molecule has 2 heterocycles. The molecular weight excluding hydrogens is 520 g/mol. The second-order valence-corrected chi connectivity index (χ2v) is 12.2. The second kappa shape index (κ2) is 8.83. The van der Waals surface area contributed by atoms with E-state index >= 15 is 0 Å². The Morgan fingerprint density at radius 3 is 2.12 bits per heavy atom. The van der Waals surface area contributed by atoms with Crippen molar-refractivity contribution >= 4 is 32.7 Å². The van der Waals surface area contributed by atoms with Crippen LogP contribution in [0.2, 0.25) is 0 Å². The number of hydrogen-bond acceptors (Lipinski definition) is 0. The fourth-order valence-electron chi connectivity index (χ4n) is 7.47. The number of fused-ring (bicyclic) bond motifs is 8. The van der Waals surface area contributed by atoms with Crippen molar-refractivity contribution < 1.29 is 0 Å². The summed E-state index contributed by atoms with van der Waals surface area (Å²) in [5.41, 5.74) is 14.0. The average Bonchev–Trinajstić information content (AvgIpc) is 3.70. The van der Waals surface area contributed by atoms with E-state index in [2.05, 4.69) is 169 Å².